The lowest BCUT2D eigenvalue weighted by atomic mass is 10.0. The summed E-state index contributed by atoms with van der Waals surface area (Å²) in [6.45, 7) is 10.6. The first-order chi connectivity index (χ1) is 14.6. The molecule has 2 aromatic rings. The molecule has 0 N–H and O–H groups in total. The number of allylic oxidation sites excluding steroid dienone is 1. The number of rotatable bonds is 12. The van der Waals surface area contributed by atoms with Crippen LogP contribution in [-0.2, 0) is 6.42 Å². The molecule has 0 aromatic heterocycles. The third kappa shape index (κ3) is 6.48. The van der Waals surface area contributed by atoms with Crippen LogP contribution in [0.1, 0.15) is 81.8 Å². The van der Waals surface area contributed by atoms with Crippen molar-refractivity contribution in [2.45, 2.75) is 78.9 Å². The molecule has 0 aliphatic carbocycles. The van der Waals surface area contributed by atoms with Gasteiger partial charge in [0.05, 0.1) is 17.8 Å². The van der Waals surface area contributed by atoms with Gasteiger partial charge in [-0.2, -0.15) is 0 Å². The first-order valence-electron chi connectivity index (χ1n) is 11.3. The van der Waals surface area contributed by atoms with Crippen molar-refractivity contribution in [2.75, 3.05) is 0 Å². The first kappa shape index (κ1) is 23.7. The summed E-state index contributed by atoms with van der Waals surface area (Å²) in [5.41, 5.74) is 2.75. The predicted octanol–water partition coefficient (Wildman–Crippen LogP) is 7.28. The Morgan fingerprint density at radius 1 is 0.833 bits per heavy atom. The van der Waals surface area contributed by atoms with Gasteiger partial charge in [-0.25, -0.2) is 0 Å². The van der Waals surface area contributed by atoms with Gasteiger partial charge in [0, 0.05) is 5.56 Å². The molecule has 0 atom stereocenters. The maximum Gasteiger partial charge on any atom is 0.189 e. The van der Waals surface area contributed by atoms with E-state index in [-0.39, 0.29) is 18.0 Å². The molecule has 0 unspecified atom stereocenters. The average molecular weight is 409 g/mol. The van der Waals surface area contributed by atoms with Gasteiger partial charge in [0.1, 0.15) is 11.5 Å². The third-order valence-corrected chi connectivity index (χ3v) is 5.46. The van der Waals surface area contributed by atoms with E-state index < -0.39 is 0 Å². The number of hydrogen-bond donors (Lipinski definition) is 0. The molecule has 3 nitrogen and oxygen atoms in total. The van der Waals surface area contributed by atoms with Crippen molar-refractivity contribution in [3.8, 4) is 11.5 Å². The minimum absolute atomic E-state index is 0.0630. The zero-order chi connectivity index (χ0) is 21.9. The molecule has 0 saturated carbocycles. The summed E-state index contributed by atoms with van der Waals surface area (Å²) in [6, 6.07) is 13.7. The molecule has 0 aliphatic heterocycles. The summed E-state index contributed by atoms with van der Waals surface area (Å²) in [5, 5.41) is 0. The van der Waals surface area contributed by atoms with Gasteiger partial charge in [-0.1, -0.05) is 52.8 Å². The maximum atomic E-state index is 13.0. The monoisotopic (exact) mass is 408 g/mol. The van der Waals surface area contributed by atoms with Crippen LogP contribution in [0.4, 0.5) is 0 Å². The highest BCUT2D eigenvalue weighted by Crippen LogP contribution is 2.26. The minimum Gasteiger partial charge on any atom is -0.490 e. The normalized spacial score (nSPS) is 11.4. The third-order valence-electron chi connectivity index (χ3n) is 5.46. The zero-order valence-corrected chi connectivity index (χ0v) is 19.1. The molecule has 0 fully saturated rings. The van der Waals surface area contributed by atoms with E-state index in [4.69, 9.17) is 9.47 Å². The van der Waals surface area contributed by atoms with Crippen LogP contribution in [0.15, 0.2) is 48.5 Å². The van der Waals surface area contributed by atoms with E-state index in [1.807, 2.05) is 36.4 Å². The Bertz CT molecular complexity index is 830. The van der Waals surface area contributed by atoms with Crippen LogP contribution in [-0.4, -0.2) is 18.0 Å². The maximum absolute atomic E-state index is 13.0. The van der Waals surface area contributed by atoms with Gasteiger partial charge in [0.25, 0.3) is 0 Å². The first-order valence-corrected chi connectivity index (χ1v) is 11.3. The quantitative estimate of drug-likeness (QED) is 0.273. The molecule has 0 heterocycles. The molecule has 30 heavy (non-hydrogen) atoms. The Kier molecular flexibility index (Phi) is 9.66. The number of ether oxygens (including phenoxy) is 2. The lowest BCUT2D eigenvalue weighted by molar-refractivity contribution is 0.103. The highest BCUT2D eigenvalue weighted by atomic mass is 16.5. The number of para-hydroxylation sites is 1. The van der Waals surface area contributed by atoms with Crippen molar-refractivity contribution in [1.82, 2.24) is 0 Å². The standard InChI is InChI=1S/C27H36O3/c1-6-20-15-18-26(29-22(7-2)8-3)21(19-20)16-17-25(28)24-13-11-12-14-27(24)30-23(9-4)10-5/h11-19,22-23H,6-10H2,1-5H3. The van der Waals surface area contributed by atoms with Crippen molar-refractivity contribution in [3.63, 3.8) is 0 Å². The largest absolute Gasteiger partial charge is 0.490 e. The number of hydrogen-bond acceptors (Lipinski definition) is 3. The number of carbonyl (C=O) groups is 1. The molecule has 0 bridgehead atoms. The summed E-state index contributed by atoms with van der Waals surface area (Å²) in [4.78, 5) is 13.0. The second-order valence-electron chi connectivity index (χ2n) is 7.53. The van der Waals surface area contributed by atoms with Crippen molar-refractivity contribution in [3.05, 3.63) is 65.2 Å². The number of ketones is 1. The van der Waals surface area contributed by atoms with E-state index >= 15 is 0 Å². The number of aryl methyl sites for hydroxylation is 1. The fourth-order valence-electron chi connectivity index (χ4n) is 3.35. The van der Waals surface area contributed by atoms with Crippen molar-refractivity contribution in [1.29, 1.82) is 0 Å². The fourth-order valence-corrected chi connectivity index (χ4v) is 3.35. The predicted molar refractivity (Wildman–Crippen MR) is 126 cm³/mol. The van der Waals surface area contributed by atoms with E-state index in [2.05, 4.69) is 46.8 Å². The molecule has 0 radical (unpaired) electrons. The Morgan fingerprint density at radius 3 is 2.03 bits per heavy atom. The van der Waals surface area contributed by atoms with Gasteiger partial charge in [-0.05, 0) is 74.1 Å². The van der Waals surface area contributed by atoms with Gasteiger partial charge in [-0.15, -0.1) is 0 Å². The van der Waals surface area contributed by atoms with E-state index in [1.165, 1.54) is 5.56 Å². The second kappa shape index (κ2) is 12.2. The van der Waals surface area contributed by atoms with Crippen molar-refractivity contribution < 1.29 is 14.3 Å². The highest BCUT2D eigenvalue weighted by molar-refractivity contribution is 6.08. The van der Waals surface area contributed by atoms with Gasteiger partial charge in [0.2, 0.25) is 0 Å². The molecule has 0 spiro atoms. The average Bonchev–Trinajstić information content (AvgIpc) is 2.79. The van der Waals surface area contributed by atoms with Crippen LogP contribution in [0.2, 0.25) is 0 Å². The smallest absolute Gasteiger partial charge is 0.189 e. The molecule has 0 amide bonds. The molecular weight excluding hydrogens is 372 g/mol. The molecule has 162 valence electrons. The Morgan fingerprint density at radius 2 is 1.43 bits per heavy atom. The minimum atomic E-state index is -0.0630. The van der Waals surface area contributed by atoms with Crippen molar-refractivity contribution in [2.24, 2.45) is 0 Å². The van der Waals surface area contributed by atoms with Gasteiger partial charge >= 0.3 is 0 Å². The zero-order valence-electron chi connectivity index (χ0n) is 19.1. The van der Waals surface area contributed by atoms with Crippen molar-refractivity contribution >= 4 is 11.9 Å². The van der Waals surface area contributed by atoms with E-state index in [0.717, 1.165) is 43.4 Å². The Balaban J connectivity index is 2.30. The summed E-state index contributed by atoms with van der Waals surface area (Å²) in [7, 11) is 0. The number of benzene rings is 2. The summed E-state index contributed by atoms with van der Waals surface area (Å²) >= 11 is 0. The molecular formula is C27H36O3. The van der Waals surface area contributed by atoms with Crippen LogP contribution in [0.25, 0.3) is 6.08 Å². The van der Waals surface area contributed by atoms with Crippen LogP contribution in [0.3, 0.4) is 0 Å². The van der Waals surface area contributed by atoms with Gasteiger partial charge in [0.15, 0.2) is 5.78 Å². The van der Waals surface area contributed by atoms with Crippen LogP contribution in [0, 0.1) is 0 Å². The van der Waals surface area contributed by atoms with E-state index in [1.54, 1.807) is 6.08 Å². The lowest BCUT2D eigenvalue weighted by Gasteiger charge is -2.18. The van der Waals surface area contributed by atoms with E-state index in [9.17, 15) is 4.79 Å². The summed E-state index contributed by atoms with van der Waals surface area (Å²) < 4.78 is 12.3. The fraction of sp³-hybridized carbons (Fsp3) is 0.444. The van der Waals surface area contributed by atoms with Crippen LogP contribution >= 0.6 is 0 Å². The number of carbonyl (C=O) groups excluding carboxylic acids is 1. The van der Waals surface area contributed by atoms with Crippen LogP contribution in [0.5, 0.6) is 11.5 Å². The Labute approximate surface area is 182 Å². The summed E-state index contributed by atoms with van der Waals surface area (Å²) in [6.07, 6.45) is 8.45. The highest BCUT2D eigenvalue weighted by Gasteiger charge is 2.14. The lowest BCUT2D eigenvalue weighted by Crippen LogP contribution is -2.15. The molecule has 3 heteroatoms. The second-order valence-corrected chi connectivity index (χ2v) is 7.53. The molecule has 0 saturated heterocycles. The van der Waals surface area contributed by atoms with E-state index in [0.29, 0.717) is 11.3 Å². The molecule has 2 aromatic carbocycles. The molecule has 0 aliphatic rings. The van der Waals surface area contributed by atoms with Gasteiger partial charge in [-0.3, -0.25) is 4.79 Å². The van der Waals surface area contributed by atoms with Crippen LogP contribution < -0.4 is 9.47 Å². The van der Waals surface area contributed by atoms with Gasteiger partial charge < -0.3 is 9.47 Å². The topological polar surface area (TPSA) is 35.5 Å². The molecule has 2 rings (SSSR count). The Hall–Kier alpha value is -2.55. The SMILES string of the molecule is CCc1ccc(OC(CC)CC)c(C=CC(=O)c2ccccc2OC(CC)CC)c1. The summed E-state index contributed by atoms with van der Waals surface area (Å²) in [5.74, 6) is 1.41.